The van der Waals surface area contributed by atoms with E-state index in [1.807, 2.05) is 42.5 Å². The van der Waals surface area contributed by atoms with Gasteiger partial charge in [-0.25, -0.2) is 4.79 Å². The van der Waals surface area contributed by atoms with Gasteiger partial charge in [0.25, 0.3) is 0 Å². The van der Waals surface area contributed by atoms with E-state index >= 15 is 0 Å². The van der Waals surface area contributed by atoms with E-state index in [0.29, 0.717) is 11.6 Å². The lowest BCUT2D eigenvalue weighted by atomic mass is 10.2. The number of carbonyl (C=O) groups is 2. The molecular weight excluding hydrogens is 340 g/mol. The zero-order chi connectivity index (χ0) is 18.2. The van der Waals surface area contributed by atoms with Crippen molar-refractivity contribution < 1.29 is 14.3 Å². The highest BCUT2D eigenvalue weighted by Crippen LogP contribution is 2.11. The van der Waals surface area contributed by atoms with Crippen LogP contribution in [0.3, 0.4) is 0 Å². The van der Waals surface area contributed by atoms with Crippen molar-refractivity contribution in [2.24, 2.45) is 0 Å². The Bertz CT molecular complexity index is 704. The van der Waals surface area contributed by atoms with Crippen molar-refractivity contribution in [1.29, 1.82) is 0 Å². The van der Waals surface area contributed by atoms with Gasteiger partial charge in [0.05, 0.1) is 0 Å². The first-order valence-electron chi connectivity index (χ1n) is 7.92. The predicted molar refractivity (Wildman–Crippen MR) is 97.2 cm³/mol. The first-order valence-corrected chi connectivity index (χ1v) is 8.30. The van der Waals surface area contributed by atoms with Crippen molar-refractivity contribution in [3.63, 3.8) is 0 Å². The number of carbonyl (C=O) groups excluding carboxylic acids is 2. The van der Waals surface area contributed by atoms with Crippen LogP contribution in [0.5, 0.6) is 0 Å². The number of nitrogens with one attached hydrogen (secondary N) is 1. The van der Waals surface area contributed by atoms with Gasteiger partial charge in [-0.05, 0) is 30.2 Å². The largest absolute Gasteiger partial charge is 0.445 e. The topological polar surface area (TPSA) is 58.6 Å². The van der Waals surface area contributed by atoms with Gasteiger partial charge in [0.15, 0.2) is 0 Å². The van der Waals surface area contributed by atoms with Gasteiger partial charge in [-0.15, -0.1) is 0 Å². The molecule has 2 rings (SSSR count). The molecule has 0 fully saturated rings. The van der Waals surface area contributed by atoms with Crippen molar-refractivity contribution >= 4 is 23.6 Å². The fraction of sp³-hybridized carbons (Fsp3) is 0.263. The van der Waals surface area contributed by atoms with Gasteiger partial charge in [0.2, 0.25) is 5.91 Å². The van der Waals surface area contributed by atoms with E-state index in [1.54, 1.807) is 31.0 Å². The lowest BCUT2D eigenvalue weighted by Crippen LogP contribution is -2.45. The first kappa shape index (κ1) is 18.8. The summed E-state index contributed by atoms with van der Waals surface area (Å²) in [5.74, 6) is -0.202. The van der Waals surface area contributed by atoms with E-state index in [1.165, 1.54) is 0 Å². The van der Waals surface area contributed by atoms with Crippen LogP contribution in [0.2, 0.25) is 5.02 Å². The summed E-state index contributed by atoms with van der Waals surface area (Å²) >= 11 is 5.85. The Morgan fingerprint density at radius 1 is 1.08 bits per heavy atom. The van der Waals surface area contributed by atoms with Crippen LogP contribution in [0.15, 0.2) is 54.6 Å². The highest BCUT2D eigenvalue weighted by molar-refractivity contribution is 6.30. The molecule has 0 radical (unpaired) electrons. The molecule has 0 saturated heterocycles. The van der Waals surface area contributed by atoms with E-state index in [2.05, 4.69) is 5.32 Å². The monoisotopic (exact) mass is 360 g/mol. The number of ether oxygens (including phenoxy) is 1. The second kappa shape index (κ2) is 9.08. The summed E-state index contributed by atoms with van der Waals surface area (Å²) in [7, 11) is 1.68. The Morgan fingerprint density at radius 3 is 2.36 bits per heavy atom. The molecule has 0 aliphatic rings. The maximum Gasteiger partial charge on any atom is 0.408 e. The molecule has 0 heterocycles. The molecule has 1 N–H and O–H groups in total. The first-order chi connectivity index (χ1) is 12.0. The Balaban J connectivity index is 1.80. The Morgan fingerprint density at radius 2 is 1.72 bits per heavy atom. The predicted octanol–water partition coefficient (Wildman–Crippen LogP) is 3.61. The van der Waals surface area contributed by atoms with E-state index in [0.717, 1.165) is 11.1 Å². The Hall–Kier alpha value is -2.53. The van der Waals surface area contributed by atoms with Gasteiger partial charge in [-0.1, -0.05) is 54.1 Å². The molecule has 5 nitrogen and oxygen atoms in total. The molecule has 2 aromatic rings. The van der Waals surface area contributed by atoms with E-state index in [4.69, 9.17) is 16.3 Å². The summed E-state index contributed by atoms with van der Waals surface area (Å²) in [4.78, 5) is 25.7. The number of nitrogens with zero attached hydrogens (tertiary/aromatic N) is 1. The lowest BCUT2D eigenvalue weighted by molar-refractivity contribution is -0.132. The minimum Gasteiger partial charge on any atom is -0.445 e. The fourth-order valence-electron chi connectivity index (χ4n) is 2.28. The van der Waals surface area contributed by atoms with E-state index in [-0.39, 0.29) is 12.5 Å². The number of benzene rings is 2. The molecule has 6 heteroatoms. The highest BCUT2D eigenvalue weighted by atomic mass is 35.5. The number of amides is 2. The zero-order valence-electron chi connectivity index (χ0n) is 14.2. The van der Waals surface area contributed by atoms with Crippen LogP contribution in [-0.2, 0) is 22.7 Å². The summed E-state index contributed by atoms with van der Waals surface area (Å²) in [6.45, 7) is 2.22. The molecule has 0 aromatic heterocycles. The molecule has 2 amide bonds. The molecule has 0 aliphatic carbocycles. The number of rotatable bonds is 6. The smallest absolute Gasteiger partial charge is 0.408 e. The van der Waals surface area contributed by atoms with Crippen molar-refractivity contribution in [3.8, 4) is 0 Å². The van der Waals surface area contributed by atoms with Crippen LogP contribution in [0.25, 0.3) is 0 Å². The standard InChI is InChI=1S/C19H21ClN2O3/c1-14(21-19(24)25-13-16-6-4-3-5-7-16)18(23)22(2)12-15-8-10-17(20)11-9-15/h3-11,14H,12-13H2,1-2H3,(H,21,24)/t14-/m0/s1. The van der Waals surface area contributed by atoms with Crippen LogP contribution in [-0.4, -0.2) is 30.0 Å². The number of hydrogen-bond donors (Lipinski definition) is 1. The summed E-state index contributed by atoms with van der Waals surface area (Å²) in [5, 5.41) is 3.20. The van der Waals surface area contributed by atoms with E-state index in [9.17, 15) is 9.59 Å². The summed E-state index contributed by atoms with van der Waals surface area (Å²) in [6.07, 6.45) is -0.621. The van der Waals surface area contributed by atoms with Gasteiger partial charge >= 0.3 is 6.09 Å². The number of likely N-dealkylation sites (N-methyl/N-ethyl adjacent to an activating group) is 1. The van der Waals surface area contributed by atoms with E-state index < -0.39 is 12.1 Å². The van der Waals surface area contributed by atoms with Crippen LogP contribution >= 0.6 is 11.6 Å². The molecule has 0 bridgehead atoms. The normalized spacial score (nSPS) is 11.5. The number of hydrogen-bond acceptors (Lipinski definition) is 3. The Labute approximate surface area is 152 Å². The van der Waals surface area contributed by atoms with Crippen LogP contribution in [0.4, 0.5) is 4.79 Å². The molecule has 0 unspecified atom stereocenters. The second-order valence-corrected chi connectivity index (χ2v) is 6.18. The Kier molecular flexibility index (Phi) is 6.83. The van der Waals surface area contributed by atoms with Crippen molar-refractivity contribution in [2.45, 2.75) is 26.1 Å². The third-order valence-corrected chi connectivity index (χ3v) is 3.88. The lowest BCUT2D eigenvalue weighted by Gasteiger charge is -2.22. The van der Waals surface area contributed by atoms with Crippen molar-refractivity contribution in [2.75, 3.05) is 7.05 Å². The minimum absolute atomic E-state index is 0.161. The van der Waals surface area contributed by atoms with Crippen LogP contribution in [0.1, 0.15) is 18.1 Å². The molecule has 0 spiro atoms. The highest BCUT2D eigenvalue weighted by Gasteiger charge is 2.20. The van der Waals surface area contributed by atoms with Gasteiger partial charge in [0, 0.05) is 18.6 Å². The maximum absolute atomic E-state index is 12.4. The molecule has 1 atom stereocenters. The average molecular weight is 361 g/mol. The number of halogens is 1. The van der Waals surface area contributed by atoms with Crippen LogP contribution < -0.4 is 5.32 Å². The molecule has 2 aromatic carbocycles. The number of alkyl carbamates (subject to hydrolysis) is 1. The zero-order valence-corrected chi connectivity index (χ0v) is 15.0. The van der Waals surface area contributed by atoms with Crippen molar-refractivity contribution in [3.05, 3.63) is 70.7 Å². The van der Waals surface area contributed by atoms with Gasteiger partial charge in [0.1, 0.15) is 12.6 Å². The average Bonchev–Trinajstić information content (AvgIpc) is 2.62. The summed E-state index contributed by atoms with van der Waals surface area (Å²) in [6, 6.07) is 15.9. The molecule has 25 heavy (non-hydrogen) atoms. The summed E-state index contributed by atoms with van der Waals surface area (Å²) < 4.78 is 5.12. The molecular formula is C19H21ClN2O3. The maximum atomic E-state index is 12.4. The molecule has 0 aliphatic heterocycles. The molecule has 132 valence electrons. The van der Waals surface area contributed by atoms with Crippen molar-refractivity contribution in [1.82, 2.24) is 10.2 Å². The minimum atomic E-state index is -0.680. The van der Waals surface area contributed by atoms with Gasteiger partial charge in [-0.3, -0.25) is 4.79 Å². The SMILES string of the molecule is C[C@H](NC(=O)OCc1ccccc1)C(=O)N(C)Cc1ccc(Cl)cc1. The van der Waals surface area contributed by atoms with Gasteiger partial charge in [-0.2, -0.15) is 0 Å². The third-order valence-electron chi connectivity index (χ3n) is 3.63. The fourth-order valence-corrected chi connectivity index (χ4v) is 2.40. The van der Waals surface area contributed by atoms with Gasteiger partial charge < -0.3 is 15.0 Å². The molecule has 0 saturated carbocycles. The summed E-state index contributed by atoms with van der Waals surface area (Å²) in [5.41, 5.74) is 1.84. The van der Waals surface area contributed by atoms with Crippen LogP contribution in [0, 0.1) is 0 Å². The quantitative estimate of drug-likeness (QED) is 0.856. The second-order valence-electron chi connectivity index (χ2n) is 5.75. The third kappa shape index (κ3) is 6.12.